The lowest BCUT2D eigenvalue weighted by Gasteiger charge is -2.26. The molecule has 0 atom stereocenters. The number of benzene rings is 2. The Bertz CT molecular complexity index is 1370. The number of rotatable bonds is 6. The maximum atomic E-state index is 13.1. The second-order valence-electron chi connectivity index (χ2n) is 8.46. The predicted molar refractivity (Wildman–Crippen MR) is 139 cm³/mol. The third-order valence-electron chi connectivity index (χ3n) is 6.08. The maximum Gasteiger partial charge on any atom is 0.356 e. The van der Waals surface area contributed by atoms with Crippen LogP contribution in [-0.4, -0.2) is 65.3 Å². The van der Waals surface area contributed by atoms with Gasteiger partial charge in [0, 0.05) is 53.6 Å². The molecule has 0 saturated carbocycles. The Hall–Kier alpha value is -3.82. The molecule has 0 saturated heterocycles. The van der Waals surface area contributed by atoms with Gasteiger partial charge in [0.25, 0.3) is 0 Å². The molecule has 3 heterocycles. The highest BCUT2D eigenvalue weighted by molar-refractivity contribution is 6.11. The number of anilines is 1. The molecule has 9 heteroatoms. The number of H-pyrrole nitrogens is 2. The van der Waals surface area contributed by atoms with Crippen molar-refractivity contribution in [3.05, 3.63) is 59.4 Å². The molecule has 1 aliphatic rings. The summed E-state index contributed by atoms with van der Waals surface area (Å²) in [5.74, 6) is -0.0627. The zero-order chi connectivity index (χ0) is 25.7. The van der Waals surface area contributed by atoms with Gasteiger partial charge in [-0.25, -0.2) is 4.79 Å². The van der Waals surface area contributed by atoms with Crippen molar-refractivity contribution in [2.45, 2.75) is 26.8 Å². The molecule has 1 amide bonds. The minimum absolute atomic E-state index is 0.187. The average molecular weight is 493 g/mol. The summed E-state index contributed by atoms with van der Waals surface area (Å²) in [4.78, 5) is 34.3. The Morgan fingerprint density at radius 1 is 1.08 bits per heavy atom. The van der Waals surface area contributed by atoms with Gasteiger partial charge in [-0.15, -0.1) is 0 Å². The van der Waals surface area contributed by atoms with Gasteiger partial charge in [-0.3, -0.25) is 9.69 Å². The summed E-state index contributed by atoms with van der Waals surface area (Å²) in [6, 6.07) is 13.6. The molecule has 2 aromatic heterocycles. The van der Waals surface area contributed by atoms with Crippen LogP contribution >= 0.6 is 0 Å². The van der Waals surface area contributed by atoms with E-state index in [0.717, 1.165) is 24.0 Å². The number of ether oxygens (including phenoxy) is 2. The average Bonchev–Trinajstić information content (AvgIpc) is 3.42. The molecule has 4 N–H and O–H groups in total. The summed E-state index contributed by atoms with van der Waals surface area (Å²) in [7, 11) is 1.58. The number of hydrogen-bond acceptors (Lipinski definition) is 6. The van der Waals surface area contributed by atoms with Crippen LogP contribution in [0.2, 0.25) is 0 Å². The minimum atomic E-state index is -0.510. The summed E-state index contributed by atoms with van der Waals surface area (Å²) in [6.07, 6.45) is 0.857. The summed E-state index contributed by atoms with van der Waals surface area (Å²) in [6.45, 7) is 5.61. The molecule has 190 valence electrons. The third-order valence-corrected chi connectivity index (χ3v) is 6.08. The smallest absolute Gasteiger partial charge is 0.356 e. The van der Waals surface area contributed by atoms with E-state index in [0.29, 0.717) is 23.4 Å². The number of aromatic nitrogens is 2. The van der Waals surface area contributed by atoms with Crippen molar-refractivity contribution in [3.63, 3.8) is 0 Å². The summed E-state index contributed by atoms with van der Waals surface area (Å²) < 4.78 is 10.5. The molecule has 0 aliphatic carbocycles. The lowest BCUT2D eigenvalue weighted by molar-refractivity contribution is -0.117. The van der Waals surface area contributed by atoms with Gasteiger partial charge in [-0.2, -0.15) is 0 Å². The topological polar surface area (TPSA) is 120 Å². The molecule has 9 nitrogen and oxygen atoms in total. The third kappa shape index (κ3) is 5.22. The zero-order valence-electron chi connectivity index (χ0n) is 20.8. The largest absolute Gasteiger partial charge is 0.497 e. The maximum absolute atomic E-state index is 13.1. The van der Waals surface area contributed by atoms with Crippen molar-refractivity contribution >= 4 is 39.4 Å². The molecule has 0 bridgehead atoms. The fraction of sp³-hybridized carbons (Fsp3) is 0.333. The van der Waals surface area contributed by atoms with E-state index in [2.05, 4.69) is 32.3 Å². The fourth-order valence-electron chi connectivity index (χ4n) is 4.52. The molecular weight excluding hydrogens is 460 g/mol. The first kappa shape index (κ1) is 25.3. The van der Waals surface area contributed by atoms with E-state index < -0.39 is 5.97 Å². The van der Waals surface area contributed by atoms with Crippen molar-refractivity contribution in [3.8, 4) is 5.75 Å². The highest BCUT2D eigenvalue weighted by atomic mass is 16.5. The van der Waals surface area contributed by atoms with Crippen molar-refractivity contribution in [2.75, 3.05) is 38.7 Å². The van der Waals surface area contributed by atoms with Crippen LogP contribution in [0.4, 0.5) is 5.69 Å². The monoisotopic (exact) mass is 492 g/mol. The molecule has 4 aromatic rings. The van der Waals surface area contributed by atoms with Gasteiger partial charge in [0.15, 0.2) is 0 Å². The number of aliphatic hydroxyl groups excluding tert-OH is 1. The van der Waals surface area contributed by atoms with Gasteiger partial charge in [-0.1, -0.05) is 18.2 Å². The van der Waals surface area contributed by atoms with E-state index in [1.165, 1.54) is 16.6 Å². The highest BCUT2D eigenvalue weighted by Crippen LogP contribution is 2.32. The molecule has 36 heavy (non-hydrogen) atoms. The number of nitrogens with one attached hydrogen (secondary N) is 3. The van der Waals surface area contributed by atoms with Crippen molar-refractivity contribution in [2.24, 2.45) is 0 Å². The Morgan fingerprint density at radius 3 is 2.58 bits per heavy atom. The summed E-state index contributed by atoms with van der Waals surface area (Å²) >= 11 is 0. The molecule has 2 aromatic carbocycles. The molecule has 0 spiro atoms. The quantitative estimate of drug-likeness (QED) is 0.304. The van der Waals surface area contributed by atoms with Crippen LogP contribution in [-0.2, 0) is 22.5 Å². The van der Waals surface area contributed by atoms with E-state index in [9.17, 15) is 9.59 Å². The molecule has 0 fully saturated rings. The SMILES string of the molecule is CCO.CCOC(=O)c1[nH]c2ccc(OC)cc2c1NC(=O)CN1CCc2[nH]c3ccccc3c2C1. The number of nitrogens with zero attached hydrogens (tertiary/aromatic N) is 1. The lowest BCUT2D eigenvalue weighted by Crippen LogP contribution is -2.37. The Labute approximate surface area is 209 Å². The summed E-state index contributed by atoms with van der Waals surface area (Å²) in [5.41, 5.74) is 4.97. The standard InChI is InChI=1S/C25H26N4O4.C2H6O/c1-3-33-25(31)24-23(17-12-15(32-2)8-9-20(17)27-24)28-22(30)14-29-11-10-21-18(13-29)16-6-4-5-7-19(16)26-21;1-2-3/h4-9,12,26-27H,3,10-11,13-14H2,1-2H3,(H,28,30);3H,2H2,1H3. The molecule has 1 aliphatic heterocycles. The minimum Gasteiger partial charge on any atom is -0.497 e. The Morgan fingerprint density at radius 2 is 1.83 bits per heavy atom. The second-order valence-corrected chi connectivity index (χ2v) is 8.46. The Balaban J connectivity index is 0.000000967. The van der Waals surface area contributed by atoms with Crippen molar-refractivity contribution in [1.29, 1.82) is 0 Å². The van der Waals surface area contributed by atoms with Crippen molar-refractivity contribution in [1.82, 2.24) is 14.9 Å². The lowest BCUT2D eigenvalue weighted by atomic mass is 10.0. The predicted octanol–water partition coefficient (Wildman–Crippen LogP) is 3.83. The van der Waals surface area contributed by atoms with E-state index in [1.807, 2.05) is 18.2 Å². The van der Waals surface area contributed by atoms with Crippen LogP contribution in [0.1, 0.15) is 35.6 Å². The first-order valence-electron chi connectivity index (χ1n) is 12.1. The number of methoxy groups -OCH3 is 1. The van der Waals surface area contributed by atoms with E-state index in [-0.39, 0.29) is 31.4 Å². The van der Waals surface area contributed by atoms with Gasteiger partial charge in [0.1, 0.15) is 11.4 Å². The number of para-hydroxylation sites is 1. The summed E-state index contributed by atoms with van der Waals surface area (Å²) in [5, 5.41) is 12.4. The van der Waals surface area contributed by atoms with Crippen LogP contribution in [0.15, 0.2) is 42.5 Å². The van der Waals surface area contributed by atoms with Gasteiger partial charge < -0.3 is 29.9 Å². The van der Waals surface area contributed by atoms with Crippen LogP contribution in [0.5, 0.6) is 5.75 Å². The number of hydrogen-bond donors (Lipinski definition) is 4. The fourth-order valence-corrected chi connectivity index (χ4v) is 4.52. The van der Waals surface area contributed by atoms with E-state index in [4.69, 9.17) is 14.6 Å². The van der Waals surface area contributed by atoms with Gasteiger partial charge in [-0.05, 0) is 43.7 Å². The number of esters is 1. The number of carbonyl (C=O) groups is 2. The first-order chi connectivity index (χ1) is 17.5. The van der Waals surface area contributed by atoms with Crippen LogP contribution < -0.4 is 10.1 Å². The number of carbonyl (C=O) groups excluding carboxylic acids is 2. The normalized spacial score (nSPS) is 13.1. The van der Waals surface area contributed by atoms with Crippen LogP contribution in [0, 0.1) is 0 Å². The second kappa shape index (κ2) is 11.3. The van der Waals surface area contributed by atoms with Gasteiger partial charge in [0.05, 0.1) is 25.9 Å². The van der Waals surface area contributed by atoms with Crippen molar-refractivity contribution < 1.29 is 24.2 Å². The molecular formula is C27H32N4O5. The number of amides is 1. The van der Waals surface area contributed by atoms with Gasteiger partial charge >= 0.3 is 5.97 Å². The van der Waals surface area contributed by atoms with E-state index in [1.54, 1.807) is 33.1 Å². The number of fused-ring (bicyclic) bond motifs is 4. The first-order valence-corrected chi connectivity index (χ1v) is 12.1. The zero-order valence-corrected chi connectivity index (χ0v) is 20.8. The highest BCUT2D eigenvalue weighted by Gasteiger charge is 2.25. The van der Waals surface area contributed by atoms with Crippen LogP contribution in [0.25, 0.3) is 21.8 Å². The number of aliphatic hydroxyl groups is 1. The molecule has 5 rings (SSSR count). The van der Waals surface area contributed by atoms with Crippen LogP contribution in [0.3, 0.4) is 0 Å². The Kier molecular flexibility index (Phi) is 7.92. The van der Waals surface area contributed by atoms with E-state index >= 15 is 0 Å². The number of aromatic amines is 2. The molecule has 0 radical (unpaired) electrons. The molecule has 0 unspecified atom stereocenters. The van der Waals surface area contributed by atoms with Gasteiger partial charge in [0.2, 0.25) is 5.91 Å².